The third-order valence-electron chi connectivity index (χ3n) is 2.37. The second-order valence-corrected chi connectivity index (χ2v) is 4.15. The van der Waals surface area contributed by atoms with Crippen molar-refractivity contribution in [2.45, 2.75) is 6.54 Å². The van der Waals surface area contributed by atoms with Gasteiger partial charge in [0, 0.05) is 4.47 Å². The smallest absolute Gasteiger partial charge is 0.326 e. The van der Waals surface area contributed by atoms with Gasteiger partial charge in [-0.05, 0) is 12.1 Å². The number of hydrogen-bond acceptors (Lipinski definition) is 2. The molecule has 0 saturated carbocycles. The van der Waals surface area contributed by atoms with Gasteiger partial charge >= 0.3 is 5.69 Å². The summed E-state index contributed by atoms with van der Waals surface area (Å²) in [6, 6.07) is 3.76. The molecule has 0 fully saturated rings. The number of benzene rings is 1. The molecule has 0 amide bonds. The van der Waals surface area contributed by atoms with Gasteiger partial charge in [0.1, 0.15) is 17.9 Å². The number of nitrogens with one attached hydrogen (secondary N) is 1. The molecule has 5 heteroatoms. The van der Waals surface area contributed by atoms with Crippen LogP contribution in [-0.2, 0) is 6.54 Å². The van der Waals surface area contributed by atoms with Crippen LogP contribution in [0.3, 0.4) is 0 Å². The van der Waals surface area contributed by atoms with E-state index in [1.54, 1.807) is 4.57 Å². The molecule has 0 saturated heterocycles. The number of nitrogens with zero attached hydrogens (tertiary/aromatic N) is 1. The van der Waals surface area contributed by atoms with E-state index in [1.165, 1.54) is 0 Å². The SMILES string of the molecule is O=c1[nH]c2cc(Br)cc3c2n1CCO3. The predicted octanol–water partition coefficient (Wildman–Crippen LogP) is 1.48. The fraction of sp³-hybridized carbons (Fsp3) is 0.222. The molecule has 1 aromatic heterocycles. The number of hydrogen-bond donors (Lipinski definition) is 1. The summed E-state index contributed by atoms with van der Waals surface area (Å²) in [6.07, 6.45) is 0. The van der Waals surface area contributed by atoms with E-state index < -0.39 is 0 Å². The zero-order valence-corrected chi connectivity index (χ0v) is 8.80. The molecule has 1 N–H and O–H groups in total. The quantitative estimate of drug-likeness (QED) is 0.775. The highest BCUT2D eigenvalue weighted by Crippen LogP contribution is 2.30. The van der Waals surface area contributed by atoms with E-state index in [-0.39, 0.29) is 5.69 Å². The van der Waals surface area contributed by atoms with Crippen molar-refractivity contribution in [2.75, 3.05) is 6.61 Å². The zero-order chi connectivity index (χ0) is 9.71. The van der Waals surface area contributed by atoms with Gasteiger partial charge in [-0.2, -0.15) is 0 Å². The van der Waals surface area contributed by atoms with Gasteiger partial charge in [-0.25, -0.2) is 4.79 Å². The van der Waals surface area contributed by atoms with Crippen molar-refractivity contribution in [3.8, 4) is 5.75 Å². The highest BCUT2D eigenvalue weighted by Gasteiger charge is 2.17. The molecular formula is C9H7BrN2O2. The summed E-state index contributed by atoms with van der Waals surface area (Å²) in [5, 5.41) is 0. The van der Waals surface area contributed by atoms with Crippen LogP contribution < -0.4 is 10.4 Å². The van der Waals surface area contributed by atoms with E-state index in [2.05, 4.69) is 20.9 Å². The first-order valence-corrected chi connectivity index (χ1v) is 5.10. The summed E-state index contributed by atoms with van der Waals surface area (Å²) in [5.74, 6) is 0.763. The molecule has 2 heterocycles. The van der Waals surface area contributed by atoms with Gasteiger partial charge in [0.25, 0.3) is 0 Å². The van der Waals surface area contributed by atoms with Crippen LogP contribution in [0.25, 0.3) is 11.0 Å². The maximum Gasteiger partial charge on any atom is 0.326 e. The van der Waals surface area contributed by atoms with Gasteiger partial charge < -0.3 is 9.72 Å². The van der Waals surface area contributed by atoms with Crippen LogP contribution in [0.1, 0.15) is 0 Å². The maximum absolute atomic E-state index is 11.5. The van der Waals surface area contributed by atoms with E-state index in [9.17, 15) is 4.79 Å². The van der Waals surface area contributed by atoms with Crippen LogP contribution in [-0.4, -0.2) is 16.2 Å². The van der Waals surface area contributed by atoms with Crippen LogP contribution in [0.15, 0.2) is 21.4 Å². The normalized spacial score (nSPS) is 14.4. The second-order valence-electron chi connectivity index (χ2n) is 3.23. The number of aromatic amines is 1. The molecule has 1 aliphatic rings. The summed E-state index contributed by atoms with van der Waals surface area (Å²) >= 11 is 3.37. The van der Waals surface area contributed by atoms with E-state index in [1.807, 2.05) is 12.1 Å². The Morgan fingerprint density at radius 2 is 2.36 bits per heavy atom. The second kappa shape index (κ2) is 2.63. The monoisotopic (exact) mass is 254 g/mol. The molecule has 0 bridgehead atoms. The Labute approximate surface area is 87.6 Å². The Morgan fingerprint density at radius 1 is 1.50 bits per heavy atom. The van der Waals surface area contributed by atoms with Gasteiger partial charge in [-0.1, -0.05) is 15.9 Å². The van der Waals surface area contributed by atoms with Crippen LogP contribution >= 0.6 is 15.9 Å². The van der Waals surface area contributed by atoms with Gasteiger partial charge in [0.15, 0.2) is 0 Å². The Bertz CT molecular complexity index is 570. The molecule has 0 atom stereocenters. The molecule has 0 spiro atoms. The van der Waals surface area contributed by atoms with E-state index in [0.717, 1.165) is 21.3 Å². The first kappa shape index (κ1) is 8.11. The first-order chi connectivity index (χ1) is 6.75. The molecule has 0 aliphatic carbocycles. The molecule has 1 aromatic carbocycles. The Balaban J connectivity index is 2.55. The fourth-order valence-corrected chi connectivity index (χ4v) is 2.24. The standard InChI is InChI=1S/C9H7BrN2O2/c10-5-3-6-8-7(4-5)14-2-1-12(8)9(13)11-6/h3-4H,1-2H2,(H,11,13). The zero-order valence-electron chi connectivity index (χ0n) is 7.21. The molecule has 2 aromatic rings. The Hall–Kier alpha value is -1.23. The number of imidazole rings is 1. The third-order valence-corrected chi connectivity index (χ3v) is 2.83. The van der Waals surface area contributed by atoms with Crippen molar-refractivity contribution in [3.05, 3.63) is 27.1 Å². The highest BCUT2D eigenvalue weighted by molar-refractivity contribution is 9.10. The number of rotatable bonds is 0. The van der Waals surface area contributed by atoms with Crippen LogP contribution in [0.4, 0.5) is 0 Å². The lowest BCUT2D eigenvalue weighted by atomic mass is 10.2. The lowest BCUT2D eigenvalue weighted by Gasteiger charge is -2.15. The number of H-pyrrole nitrogens is 1. The molecule has 1 aliphatic heterocycles. The summed E-state index contributed by atoms with van der Waals surface area (Å²) in [6.45, 7) is 1.17. The summed E-state index contributed by atoms with van der Waals surface area (Å²) in [4.78, 5) is 14.3. The minimum Gasteiger partial charge on any atom is -0.489 e. The van der Waals surface area contributed by atoms with Crippen LogP contribution in [0.2, 0.25) is 0 Å². The fourth-order valence-electron chi connectivity index (χ4n) is 1.80. The Morgan fingerprint density at radius 3 is 3.21 bits per heavy atom. The van der Waals surface area contributed by atoms with Gasteiger partial charge in [-0.15, -0.1) is 0 Å². The van der Waals surface area contributed by atoms with Gasteiger partial charge in [0.2, 0.25) is 0 Å². The lowest BCUT2D eigenvalue weighted by Crippen LogP contribution is -2.23. The average Bonchev–Trinajstić information content (AvgIpc) is 2.45. The van der Waals surface area contributed by atoms with E-state index in [0.29, 0.717) is 13.2 Å². The average molecular weight is 255 g/mol. The minimum atomic E-state index is -0.0670. The largest absolute Gasteiger partial charge is 0.489 e. The van der Waals surface area contributed by atoms with Gasteiger partial charge in [0.05, 0.1) is 12.1 Å². The molecule has 14 heavy (non-hydrogen) atoms. The summed E-state index contributed by atoms with van der Waals surface area (Å²) in [7, 11) is 0. The molecule has 3 rings (SSSR count). The molecule has 72 valence electrons. The number of aromatic nitrogens is 2. The highest BCUT2D eigenvalue weighted by atomic mass is 79.9. The lowest BCUT2D eigenvalue weighted by molar-refractivity contribution is 0.284. The van der Waals surface area contributed by atoms with Crippen LogP contribution in [0.5, 0.6) is 5.75 Å². The Kier molecular flexibility index (Phi) is 1.53. The molecule has 4 nitrogen and oxygen atoms in total. The van der Waals surface area contributed by atoms with Crippen molar-refractivity contribution in [3.63, 3.8) is 0 Å². The van der Waals surface area contributed by atoms with E-state index in [4.69, 9.17) is 4.74 Å². The predicted molar refractivity (Wildman–Crippen MR) is 55.8 cm³/mol. The van der Waals surface area contributed by atoms with Crippen LogP contribution in [0, 0.1) is 0 Å². The molecule has 0 unspecified atom stereocenters. The number of halogens is 1. The van der Waals surface area contributed by atoms with Crippen molar-refractivity contribution in [1.82, 2.24) is 9.55 Å². The van der Waals surface area contributed by atoms with Crippen molar-refractivity contribution in [1.29, 1.82) is 0 Å². The van der Waals surface area contributed by atoms with Gasteiger partial charge in [-0.3, -0.25) is 4.57 Å². The van der Waals surface area contributed by atoms with Crippen molar-refractivity contribution < 1.29 is 4.74 Å². The number of ether oxygens (including phenoxy) is 1. The summed E-state index contributed by atoms with van der Waals surface area (Å²) < 4.78 is 8.10. The maximum atomic E-state index is 11.5. The minimum absolute atomic E-state index is 0.0670. The first-order valence-electron chi connectivity index (χ1n) is 4.30. The van der Waals surface area contributed by atoms with Crippen molar-refractivity contribution >= 4 is 27.0 Å². The summed E-state index contributed by atoms with van der Waals surface area (Å²) in [5.41, 5.74) is 1.62. The molecule has 0 radical (unpaired) electrons. The van der Waals surface area contributed by atoms with E-state index >= 15 is 0 Å². The van der Waals surface area contributed by atoms with Crippen molar-refractivity contribution in [2.24, 2.45) is 0 Å². The molecular weight excluding hydrogens is 248 g/mol. The third kappa shape index (κ3) is 0.957. The topological polar surface area (TPSA) is 47.0 Å².